The number of esters is 1. The molecule has 1 heterocycles. The zero-order valence-electron chi connectivity index (χ0n) is 10.2. The Hall–Kier alpha value is -0.570. The van der Waals surface area contributed by atoms with Crippen molar-refractivity contribution in [2.24, 2.45) is 5.92 Å². The van der Waals surface area contributed by atoms with E-state index in [4.69, 9.17) is 9.47 Å². The smallest absolute Gasteiger partial charge is 0.309 e. The zero-order valence-corrected chi connectivity index (χ0v) is 10.2. The van der Waals surface area contributed by atoms with E-state index in [0.29, 0.717) is 0 Å². The monoisotopic (exact) mass is 214 g/mol. The molecule has 0 N–H and O–H groups in total. The van der Waals surface area contributed by atoms with Crippen LogP contribution >= 0.6 is 0 Å². The van der Waals surface area contributed by atoms with Crippen LogP contribution in [0.1, 0.15) is 47.0 Å². The molecule has 1 aliphatic rings. The van der Waals surface area contributed by atoms with Crippen molar-refractivity contribution in [3.8, 4) is 0 Å². The summed E-state index contributed by atoms with van der Waals surface area (Å²) < 4.78 is 11.1. The van der Waals surface area contributed by atoms with Crippen molar-refractivity contribution in [3.63, 3.8) is 0 Å². The first-order chi connectivity index (χ1) is 6.97. The largest absolute Gasteiger partial charge is 0.457 e. The molecule has 2 atom stereocenters. The van der Waals surface area contributed by atoms with Crippen LogP contribution < -0.4 is 0 Å². The van der Waals surface area contributed by atoms with Crippen molar-refractivity contribution in [1.82, 2.24) is 0 Å². The maximum absolute atomic E-state index is 11.7. The van der Waals surface area contributed by atoms with E-state index in [1.165, 1.54) is 0 Å². The maximum Gasteiger partial charge on any atom is 0.309 e. The van der Waals surface area contributed by atoms with Crippen molar-refractivity contribution < 1.29 is 14.3 Å². The first-order valence-corrected chi connectivity index (χ1v) is 5.82. The number of rotatable bonds is 4. The highest BCUT2D eigenvalue weighted by molar-refractivity contribution is 5.72. The number of carbonyl (C=O) groups excluding carboxylic acids is 1. The zero-order chi connectivity index (χ0) is 11.5. The van der Waals surface area contributed by atoms with Gasteiger partial charge in [-0.15, -0.1) is 0 Å². The normalized spacial score (nSPS) is 23.9. The number of hydrogen-bond acceptors (Lipinski definition) is 3. The van der Waals surface area contributed by atoms with E-state index in [-0.39, 0.29) is 18.0 Å². The fraction of sp³-hybridized carbons (Fsp3) is 0.917. The molecule has 1 rings (SSSR count). The van der Waals surface area contributed by atoms with Crippen molar-refractivity contribution >= 4 is 5.97 Å². The van der Waals surface area contributed by atoms with Gasteiger partial charge in [0.05, 0.1) is 12.0 Å². The molecule has 0 aromatic rings. The molecule has 2 unspecified atom stereocenters. The van der Waals surface area contributed by atoms with Gasteiger partial charge in [-0.05, 0) is 33.1 Å². The highest BCUT2D eigenvalue weighted by atomic mass is 16.6. The molecule has 3 heteroatoms. The van der Waals surface area contributed by atoms with Crippen molar-refractivity contribution in [2.45, 2.75) is 58.7 Å². The van der Waals surface area contributed by atoms with E-state index < -0.39 is 5.60 Å². The lowest BCUT2D eigenvalue weighted by Gasteiger charge is -2.31. The lowest BCUT2D eigenvalue weighted by Crippen LogP contribution is -2.41. The quantitative estimate of drug-likeness (QED) is 0.675. The van der Waals surface area contributed by atoms with Gasteiger partial charge in [0.15, 0.2) is 0 Å². The minimum Gasteiger partial charge on any atom is -0.457 e. The van der Waals surface area contributed by atoms with Crippen molar-refractivity contribution in [1.29, 1.82) is 0 Å². The third-order valence-electron chi connectivity index (χ3n) is 3.08. The molecule has 0 bridgehead atoms. The molecule has 0 aromatic heterocycles. The summed E-state index contributed by atoms with van der Waals surface area (Å²) in [5.41, 5.74) is -0.489. The van der Waals surface area contributed by atoms with E-state index in [0.717, 1.165) is 25.9 Å². The van der Waals surface area contributed by atoms with E-state index in [2.05, 4.69) is 0 Å². The fourth-order valence-corrected chi connectivity index (χ4v) is 1.72. The minimum atomic E-state index is -0.489. The Morgan fingerprint density at radius 3 is 2.73 bits per heavy atom. The minimum absolute atomic E-state index is 0.0225. The van der Waals surface area contributed by atoms with Gasteiger partial charge < -0.3 is 9.47 Å². The second-order valence-corrected chi connectivity index (χ2v) is 4.84. The lowest BCUT2D eigenvalue weighted by atomic mass is 9.98. The molecule has 1 aliphatic heterocycles. The van der Waals surface area contributed by atoms with Gasteiger partial charge in [-0.1, -0.05) is 13.8 Å². The average Bonchev–Trinajstić information content (AvgIpc) is 2.69. The second kappa shape index (κ2) is 4.97. The molecule has 0 amide bonds. The van der Waals surface area contributed by atoms with Gasteiger partial charge in [0, 0.05) is 6.61 Å². The maximum atomic E-state index is 11.7. The highest BCUT2D eigenvalue weighted by Crippen LogP contribution is 2.27. The van der Waals surface area contributed by atoms with Crippen LogP contribution in [0.15, 0.2) is 0 Å². The van der Waals surface area contributed by atoms with Crippen LogP contribution in [0.5, 0.6) is 0 Å². The van der Waals surface area contributed by atoms with Gasteiger partial charge in [-0.25, -0.2) is 0 Å². The van der Waals surface area contributed by atoms with Crippen molar-refractivity contribution in [3.05, 3.63) is 0 Å². The fourth-order valence-electron chi connectivity index (χ4n) is 1.72. The molecule has 88 valence electrons. The van der Waals surface area contributed by atoms with Crippen LogP contribution in [0.4, 0.5) is 0 Å². The van der Waals surface area contributed by atoms with Gasteiger partial charge in [0.2, 0.25) is 0 Å². The number of carbonyl (C=O) groups is 1. The molecule has 0 radical (unpaired) electrons. The van der Waals surface area contributed by atoms with Gasteiger partial charge in [0.1, 0.15) is 5.60 Å². The van der Waals surface area contributed by atoms with Crippen LogP contribution in [0, 0.1) is 5.92 Å². The van der Waals surface area contributed by atoms with E-state index in [1.807, 2.05) is 27.7 Å². The summed E-state index contributed by atoms with van der Waals surface area (Å²) in [4.78, 5) is 11.7. The average molecular weight is 214 g/mol. The molecule has 1 saturated heterocycles. The van der Waals surface area contributed by atoms with E-state index in [1.54, 1.807) is 0 Å². The molecule has 0 aliphatic carbocycles. The first-order valence-electron chi connectivity index (χ1n) is 5.82. The highest BCUT2D eigenvalue weighted by Gasteiger charge is 2.37. The number of hydrogen-bond donors (Lipinski definition) is 0. The molecule has 0 saturated carbocycles. The summed E-state index contributed by atoms with van der Waals surface area (Å²) in [6.45, 7) is 8.54. The summed E-state index contributed by atoms with van der Waals surface area (Å²) in [5, 5.41) is 0. The number of ether oxygens (including phenoxy) is 2. The molecular formula is C12H22O3. The SMILES string of the molecule is CCC(C)C(=O)OC(C)(C)C1CCCO1. The summed E-state index contributed by atoms with van der Waals surface area (Å²) >= 11 is 0. The third-order valence-corrected chi connectivity index (χ3v) is 3.08. The van der Waals surface area contributed by atoms with Crippen LogP contribution in [0.3, 0.4) is 0 Å². The Bertz CT molecular complexity index is 217. The predicted molar refractivity (Wildman–Crippen MR) is 58.6 cm³/mol. The molecule has 0 aromatic carbocycles. The Balaban J connectivity index is 2.50. The second-order valence-electron chi connectivity index (χ2n) is 4.84. The van der Waals surface area contributed by atoms with Gasteiger partial charge in [0.25, 0.3) is 0 Å². The predicted octanol–water partition coefficient (Wildman–Crippen LogP) is 2.53. The van der Waals surface area contributed by atoms with E-state index in [9.17, 15) is 4.79 Å². The van der Waals surface area contributed by atoms with Crippen molar-refractivity contribution in [2.75, 3.05) is 6.61 Å². The molecular weight excluding hydrogens is 192 g/mol. The Kier molecular flexibility index (Phi) is 4.14. The van der Waals surface area contributed by atoms with Gasteiger partial charge in [-0.2, -0.15) is 0 Å². The Morgan fingerprint density at radius 1 is 1.60 bits per heavy atom. The summed E-state index contributed by atoms with van der Waals surface area (Å²) in [5.74, 6) is -0.135. The van der Waals surface area contributed by atoms with Gasteiger partial charge in [-0.3, -0.25) is 4.79 Å². The standard InChI is InChI=1S/C12H22O3/c1-5-9(2)11(13)15-12(3,4)10-7-6-8-14-10/h9-10H,5-8H2,1-4H3. The van der Waals surface area contributed by atoms with Gasteiger partial charge >= 0.3 is 5.97 Å². The summed E-state index contributed by atoms with van der Waals surface area (Å²) in [6, 6.07) is 0. The lowest BCUT2D eigenvalue weighted by molar-refractivity contribution is -0.173. The summed E-state index contributed by atoms with van der Waals surface area (Å²) in [7, 11) is 0. The van der Waals surface area contributed by atoms with Crippen LogP contribution in [0.25, 0.3) is 0 Å². The Morgan fingerprint density at radius 2 is 2.27 bits per heavy atom. The third kappa shape index (κ3) is 3.20. The topological polar surface area (TPSA) is 35.5 Å². The van der Waals surface area contributed by atoms with Crippen LogP contribution in [0.2, 0.25) is 0 Å². The van der Waals surface area contributed by atoms with Crippen LogP contribution in [-0.2, 0) is 14.3 Å². The van der Waals surface area contributed by atoms with Crippen LogP contribution in [-0.4, -0.2) is 24.3 Å². The Labute approximate surface area is 92.1 Å². The van der Waals surface area contributed by atoms with E-state index >= 15 is 0 Å². The molecule has 15 heavy (non-hydrogen) atoms. The molecule has 1 fully saturated rings. The summed E-state index contributed by atoms with van der Waals surface area (Å²) in [6.07, 6.45) is 2.93. The first kappa shape index (κ1) is 12.5. The molecule has 3 nitrogen and oxygen atoms in total. The molecule has 0 spiro atoms.